The lowest BCUT2D eigenvalue weighted by Gasteiger charge is -2.17. The van der Waals surface area contributed by atoms with Crippen LogP contribution < -0.4 is 0 Å². The van der Waals surface area contributed by atoms with Crippen LogP contribution in [-0.2, 0) is 17.7 Å². The van der Waals surface area contributed by atoms with Crippen molar-refractivity contribution in [2.24, 2.45) is 5.16 Å². The number of hydrogen-bond acceptors (Lipinski definition) is 6. The van der Waals surface area contributed by atoms with Gasteiger partial charge in [-0.2, -0.15) is 0 Å². The van der Waals surface area contributed by atoms with Gasteiger partial charge in [-0.15, -0.1) is 11.3 Å². The van der Waals surface area contributed by atoms with Gasteiger partial charge in [0, 0.05) is 24.4 Å². The molecule has 3 heterocycles. The molecule has 0 radical (unpaired) electrons. The highest BCUT2D eigenvalue weighted by atomic mass is 32.1. The number of oxime groups is 1. The van der Waals surface area contributed by atoms with Crippen LogP contribution in [0.3, 0.4) is 0 Å². The van der Waals surface area contributed by atoms with Crippen molar-refractivity contribution in [1.29, 1.82) is 0 Å². The van der Waals surface area contributed by atoms with Gasteiger partial charge in [0.05, 0.1) is 22.0 Å². The minimum atomic E-state index is 0.560. The molecule has 0 amide bonds. The summed E-state index contributed by atoms with van der Waals surface area (Å²) < 4.78 is 0. The number of thiazole rings is 1. The number of hydrogen-bond donors (Lipinski definition) is 0. The molecule has 5 rings (SSSR count). The van der Waals surface area contributed by atoms with Crippen LogP contribution in [0, 0.1) is 6.92 Å². The van der Waals surface area contributed by atoms with E-state index in [0.717, 1.165) is 63.9 Å². The summed E-state index contributed by atoms with van der Waals surface area (Å²) in [5.41, 5.74) is 7.34. The van der Waals surface area contributed by atoms with Crippen LogP contribution >= 0.6 is 11.3 Å². The minimum absolute atomic E-state index is 0.560. The Hall–Kier alpha value is -3.38. The summed E-state index contributed by atoms with van der Waals surface area (Å²) >= 11 is 1.65. The Morgan fingerprint density at radius 1 is 1.00 bits per heavy atom. The fourth-order valence-corrected chi connectivity index (χ4v) is 4.92. The summed E-state index contributed by atoms with van der Waals surface area (Å²) in [4.78, 5) is 20.8. The summed E-state index contributed by atoms with van der Waals surface area (Å²) in [6.45, 7) is 2.60. The maximum Gasteiger partial charge on any atom is 0.125 e. The molecular formula is C26H24N4OS. The zero-order chi connectivity index (χ0) is 21.8. The second-order valence-corrected chi connectivity index (χ2v) is 8.84. The van der Waals surface area contributed by atoms with Crippen LogP contribution in [0.5, 0.6) is 0 Å². The van der Waals surface area contributed by atoms with E-state index in [2.05, 4.69) is 34.4 Å². The maximum absolute atomic E-state index is 5.70. The molecule has 0 bridgehead atoms. The van der Waals surface area contributed by atoms with Crippen molar-refractivity contribution in [3.63, 3.8) is 0 Å². The molecule has 1 aliphatic rings. The number of fused-ring (bicyclic) bond motifs is 1. The molecule has 0 atom stereocenters. The van der Waals surface area contributed by atoms with E-state index < -0.39 is 0 Å². The van der Waals surface area contributed by atoms with Gasteiger partial charge in [-0.05, 0) is 55.5 Å². The first-order valence-corrected chi connectivity index (χ1v) is 11.7. The van der Waals surface area contributed by atoms with E-state index in [9.17, 15) is 0 Å². The first-order valence-electron chi connectivity index (χ1n) is 10.9. The molecule has 0 unspecified atom stereocenters. The molecule has 5 nitrogen and oxygen atoms in total. The summed E-state index contributed by atoms with van der Waals surface area (Å²) in [5, 5.41) is 5.44. The van der Waals surface area contributed by atoms with Gasteiger partial charge in [0.15, 0.2) is 0 Å². The van der Waals surface area contributed by atoms with E-state index in [1.807, 2.05) is 43.5 Å². The largest absolute Gasteiger partial charge is 0.395 e. The number of benzene rings is 1. The SMILES string of the molecule is Cc1nc(-c2cccnc2)sc1-c1ccc2c(n1)C(=NOCCc1ccccc1)CCC2. The summed E-state index contributed by atoms with van der Waals surface area (Å²) in [6.07, 6.45) is 7.44. The van der Waals surface area contributed by atoms with Crippen molar-refractivity contribution < 1.29 is 4.84 Å². The lowest BCUT2D eigenvalue weighted by Crippen LogP contribution is -2.15. The number of rotatable bonds is 6. The van der Waals surface area contributed by atoms with Crippen molar-refractivity contribution in [2.75, 3.05) is 6.61 Å². The van der Waals surface area contributed by atoms with Crippen molar-refractivity contribution >= 4 is 17.0 Å². The Morgan fingerprint density at radius 3 is 2.75 bits per heavy atom. The van der Waals surface area contributed by atoms with Gasteiger partial charge in [-0.1, -0.05) is 41.6 Å². The number of nitrogens with zero attached hydrogens (tertiary/aromatic N) is 4. The highest BCUT2D eigenvalue weighted by Crippen LogP contribution is 2.35. The highest BCUT2D eigenvalue weighted by molar-refractivity contribution is 7.18. The molecule has 32 heavy (non-hydrogen) atoms. The third-order valence-electron chi connectivity index (χ3n) is 5.55. The molecule has 0 saturated heterocycles. The Balaban J connectivity index is 1.38. The van der Waals surface area contributed by atoms with E-state index in [4.69, 9.17) is 14.8 Å². The number of pyridine rings is 2. The molecule has 0 saturated carbocycles. The fraction of sp³-hybridized carbons (Fsp3) is 0.231. The molecular weight excluding hydrogens is 416 g/mol. The molecule has 3 aromatic heterocycles. The van der Waals surface area contributed by atoms with Crippen LogP contribution in [0.1, 0.15) is 35.4 Å². The third-order valence-corrected chi connectivity index (χ3v) is 6.78. The predicted octanol–water partition coefficient (Wildman–Crippen LogP) is 5.88. The van der Waals surface area contributed by atoms with Crippen LogP contribution in [-0.4, -0.2) is 27.3 Å². The van der Waals surface area contributed by atoms with E-state index in [1.165, 1.54) is 11.1 Å². The second-order valence-electron chi connectivity index (χ2n) is 7.84. The zero-order valence-electron chi connectivity index (χ0n) is 18.0. The van der Waals surface area contributed by atoms with Gasteiger partial charge < -0.3 is 4.84 Å². The molecule has 0 fully saturated rings. The molecule has 4 aromatic rings. The van der Waals surface area contributed by atoms with Crippen LogP contribution in [0.2, 0.25) is 0 Å². The molecule has 0 aliphatic heterocycles. The Morgan fingerprint density at radius 2 is 1.91 bits per heavy atom. The van der Waals surface area contributed by atoms with Crippen LogP contribution in [0.15, 0.2) is 72.1 Å². The van der Waals surface area contributed by atoms with Crippen LogP contribution in [0.4, 0.5) is 0 Å². The molecule has 1 aromatic carbocycles. The monoisotopic (exact) mass is 440 g/mol. The Labute approximate surface area is 191 Å². The Kier molecular flexibility index (Phi) is 6.03. The van der Waals surface area contributed by atoms with Crippen LogP contribution in [0.25, 0.3) is 21.1 Å². The molecule has 160 valence electrons. The summed E-state index contributed by atoms with van der Waals surface area (Å²) in [6, 6.07) is 18.6. The number of aromatic nitrogens is 3. The predicted molar refractivity (Wildman–Crippen MR) is 129 cm³/mol. The van der Waals surface area contributed by atoms with E-state index in [1.54, 1.807) is 17.5 Å². The Bertz CT molecular complexity index is 1240. The lowest BCUT2D eigenvalue weighted by atomic mass is 9.94. The van der Waals surface area contributed by atoms with Crippen molar-refractivity contribution in [3.05, 3.63) is 89.5 Å². The van der Waals surface area contributed by atoms with Gasteiger partial charge >= 0.3 is 0 Å². The first kappa shape index (κ1) is 20.5. The topological polar surface area (TPSA) is 60.3 Å². The van der Waals surface area contributed by atoms with Crippen molar-refractivity contribution in [1.82, 2.24) is 15.0 Å². The molecule has 6 heteroatoms. The normalized spacial score (nSPS) is 14.3. The average molecular weight is 441 g/mol. The molecule has 0 N–H and O–H groups in total. The smallest absolute Gasteiger partial charge is 0.125 e. The quantitative estimate of drug-likeness (QED) is 0.278. The summed E-state index contributed by atoms with van der Waals surface area (Å²) in [5.74, 6) is 0. The van der Waals surface area contributed by atoms with E-state index >= 15 is 0 Å². The van der Waals surface area contributed by atoms with Gasteiger partial charge in [0.1, 0.15) is 17.3 Å². The van der Waals surface area contributed by atoms with Crippen molar-refractivity contribution in [3.8, 4) is 21.1 Å². The van der Waals surface area contributed by atoms with Gasteiger partial charge in [-0.3, -0.25) is 4.98 Å². The fourth-order valence-electron chi connectivity index (χ4n) is 3.90. The number of aryl methyl sites for hydroxylation is 2. The van der Waals surface area contributed by atoms with E-state index in [0.29, 0.717) is 6.61 Å². The zero-order valence-corrected chi connectivity index (χ0v) is 18.8. The maximum atomic E-state index is 5.70. The third kappa shape index (κ3) is 4.46. The van der Waals surface area contributed by atoms with Gasteiger partial charge in [0.2, 0.25) is 0 Å². The highest BCUT2D eigenvalue weighted by Gasteiger charge is 2.20. The van der Waals surface area contributed by atoms with E-state index in [-0.39, 0.29) is 0 Å². The average Bonchev–Trinajstić information content (AvgIpc) is 3.24. The summed E-state index contributed by atoms with van der Waals surface area (Å²) in [7, 11) is 0. The second kappa shape index (κ2) is 9.40. The van der Waals surface area contributed by atoms with Crippen molar-refractivity contribution in [2.45, 2.75) is 32.6 Å². The lowest BCUT2D eigenvalue weighted by molar-refractivity contribution is 0.147. The first-order chi connectivity index (χ1) is 15.8. The van der Waals surface area contributed by atoms with Gasteiger partial charge in [-0.25, -0.2) is 9.97 Å². The van der Waals surface area contributed by atoms with Gasteiger partial charge in [0.25, 0.3) is 0 Å². The standard InChI is InChI=1S/C26H24N4OS/c1-18-25(32-26(28-18)21-10-6-15-27-17-21)23-13-12-20-9-5-11-22(24(20)29-23)30-31-16-14-19-7-3-2-4-8-19/h2-4,6-8,10,12-13,15,17H,5,9,11,14,16H2,1H3. The minimum Gasteiger partial charge on any atom is -0.395 e. The molecule has 1 aliphatic carbocycles. The molecule has 0 spiro atoms.